The van der Waals surface area contributed by atoms with Crippen LogP contribution in [0.3, 0.4) is 0 Å². The van der Waals surface area contributed by atoms with Crippen molar-refractivity contribution in [3.8, 4) is 0 Å². The first-order valence-electron chi connectivity index (χ1n) is 6.74. The zero-order valence-electron chi connectivity index (χ0n) is 12.1. The fraction of sp³-hybridized carbons (Fsp3) is 0.533. The van der Waals surface area contributed by atoms with E-state index in [2.05, 4.69) is 16.9 Å². The monoisotopic (exact) mass is 280 g/mol. The molecule has 0 aliphatic rings. The number of hydrogen-bond donors (Lipinski definition) is 2. The Morgan fingerprint density at radius 3 is 2.74 bits per heavy atom. The molecule has 0 aromatic heterocycles. The van der Waals surface area contributed by atoms with Gasteiger partial charge in [0.1, 0.15) is 0 Å². The summed E-state index contributed by atoms with van der Waals surface area (Å²) in [6.07, 6.45) is 5.57. The lowest BCUT2D eigenvalue weighted by atomic mass is 10.1. The summed E-state index contributed by atoms with van der Waals surface area (Å²) in [6.45, 7) is 2.78. The van der Waals surface area contributed by atoms with Gasteiger partial charge in [-0.3, -0.25) is 4.79 Å². The van der Waals surface area contributed by atoms with Gasteiger partial charge in [0.2, 0.25) is 0 Å². The molecule has 0 saturated carbocycles. The third kappa shape index (κ3) is 5.55. The fourth-order valence-electron chi connectivity index (χ4n) is 1.91. The summed E-state index contributed by atoms with van der Waals surface area (Å²) in [6, 6.07) is 5.84. The van der Waals surface area contributed by atoms with Crippen molar-refractivity contribution in [3.05, 3.63) is 29.3 Å². The summed E-state index contributed by atoms with van der Waals surface area (Å²) in [5.41, 5.74) is 2.76. The Morgan fingerprint density at radius 2 is 2.05 bits per heavy atom. The maximum Gasteiger partial charge on any atom is 0.253 e. The van der Waals surface area contributed by atoms with E-state index in [4.69, 9.17) is 0 Å². The zero-order valence-corrected chi connectivity index (χ0v) is 12.9. The number of carbonyl (C=O) groups is 1. The Kier molecular flexibility index (Phi) is 7.41. The molecule has 1 amide bonds. The van der Waals surface area contributed by atoms with Crippen LogP contribution >= 0.6 is 11.8 Å². The molecule has 0 spiro atoms. The van der Waals surface area contributed by atoms with Crippen LogP contribution in [0.25, 0.3) is 0 Å². The van der Waals surface area contributed by atoms with Gasteiger partial charge in [-0.1, -0.05) is 12.5 Å². The molecule has 0 atom stereocenters. The molecule has 1 rings (SSSR count). The molecular weight excluding hydrogens is 256 g/mol. The van der Waals surface area contributed by atoms with Crippen LogP contribution in [0.5, 0.6) is 0 Å². The molecular formula is C15H24N2OS. The Morgan fingerprint density at radius 1 is 1.26 bits per heavy atom. The van der Waals surface area contributed by atoms with Gasteiger partial charge in [-0.15, -0.1) is 0 Å². The topological polar surface area (TPSA) is 41.1 Å². The van der Waals surface area contributed by atoms with Gasteiger partial charge in [0, 0.05) is 19.3 Å². The van der Waals surface area contributed by atoms with E-state index in [0.29, 0.717) is 0 Å². The maximum absolute atomic E-state index is 12.1. The van der Waals surface area contributed by atoms with Crippen LogP contribution in [0.15, 0.2) is 18.2 Å². The van der Waals surface area contributed by atoms with E-state index in [-0.39, 0.29) is 5.91 Å². The van der Waals surface area contributed by atoms with Crippen molar-refractivity contribution in [2.24, 2.45) is 0 Å². The molecule has 0 unspecified atom stereocenters. The molecule has 0 radical (unpaired) electrons. The van der Waals surface area contributed by atoms with Gasteiger partial charge in [0.05, 0.1) is 5.56 Å². The lowest BCUT2D eigenvalue weighted by molar-refractivity contribution is 0.0954. The molecule has 1 aromatic rings. The number of anilines is 1. The minimum atomic E-state index is 0.00853. The van der Waals surface area contributed by atoms with Crippen LogP contribution in [0, 0.1) is 6.92 Å². The third-order valence-corrected chi connectivity index (χ3v) is 3.70. The molecule has 4 heteroatoms. The fourth-order valence-corrected chi connectivity index (χ4v) is 2.40. The largest absolute Gasteiger partial charge is 0.387 e. The number of amides is 1. The number of rotatable bonds is 8. The lowest BCUT2D eigenvalue weighted by Crippen LogP contribution is -2.25. The van der Waals surface area contributed by atoms with Crippen molar-refractivity contribution in [1.82, 2.24) is 5.32 Å². The third-order valence-electron chi connectivity index (χ3n) is 3.00. The van der Waals surface area contributed by atoms with Gasteiger partial charge >= 0.3 is 0 Å². The summed E-state index contributed by atoms with van der Waals surface area (Å²) in [4.78, 5) is 12.1. The van der Waals surface area contributed by atoms with Crippen molar-refractivity contribution in [3.63, 3.8) is 0 Å². The number of nitrogens with one attached hydrogen (secondary N) is 2. The van der Waals surface area contributed by atoms with E-state index in [1.165, 1.54) is 18.6 Å². The minimum Gasteiger partial charge on any atom is -0.387 e. The van der Waals surface area contributed by atoms with E-state index >= 15 is 0 Å². The molecule has 1 aromatic carbocycles. The molecule has 19 heavy (non-hydrogen) atoms. The molecule has 0 aliphatic heterocycles. The highest BCUT2D eigenvalue weighted by Gasteiger charge is 2.09. The predicted octanol–water partition coefficient (Wildman–Crippen LogP) is 3.30. The van der Waals surface area contributed by atoms with Crippen LogP contribution in [-0.2, 0) is 0 Å². The SMILES string of the molecule is CNc1cc(C)ccc1C(=O)NCCCCCSC. The number of aryl methyl sites for hydroxylation is 1. The Bertz CT molecular complexity index is 407. The van der Waals surface area contributed by atoms with Gasteiger partial charge < -0.3 is 10.6 Å². The quantitative estimate of drug-likeness (QED) is 0.718. The second-order valence-electron chi connectivity index (χ2n) is 4.61. The average molecular weight is 280 g/mol. The second-order valence-corrected chi connectivity index (χ2v) is 5.59. The molecule has 0 heterocycles. The van der Waals surface area contributed by atoms with E-state index in [1.54, 1.807) is 0 Å². The Labute approximate surface area is 120 Å². The van der Waals surface area contributed by atoms with Crippen molar-refractivity contribution >= 4 is 23.4 Å². The molecule has 3 nitrogen and oxygen atoms in total. The number of thioether (sulfide) groups is 1. The summed E-state index contributed by atoms with van der Waals surface area (Å²) < 4.78 is 0. The molecule has 106 valence electrons. The first-order chi connectivity index (χ1) is 9.19. The van der Waals surface area contributed by atoms with E-state index in [9.17, 15) is 4.79 Å². The van der Waals surface area contributed by atoms with Crippen molar-refractivity contribution < 1.29 is 4.79 Å². The Balaban J connectivity index is 2.41. The van der Waals surface area contributed by atoms with Crippen molar-refractivity contribution in [2.75, 3.05) is 30.9 Å². The standard InChI is InChI=1S/C15H24N2OS/c1-12-7-8-13(14(11-12)16-2)15(18)17-9-5-4-6-10-19-3/h7-8,11,16H,4-6,9-10H2,1-3H3,(H,17,18). The van der Waals surface area contributed by atoms with Crippen LogP contribution in [0.2, 0.25) is 0 Å². The predicted molar refractivity (Wildman–Crippen MR) is 85.3 cm³/mol. The second kappa shape index (κ2) is 8.86. The van der Waals surface area contributed by atoms with Crippen LogP contribution in [0.1, 0.15) is 35.2 Å². The van der Waals surface area contributed by atoms with Gasteiger partial charge in [-0.25, -0.2) is 0 Å². The normalized spacial score (nSPS) is 10.3. The number of benzene rings is 1. The average Bonchev–Trinajstić information content (AvgIpc) is 2.42. The number of unbranched alkanes of at least 4 members (excludes halogenated alkanes) is 2. The summed E-state index contributed by atoms with van der Waals surface area (Å²) in [5.74, 6) is 1.21. The summed E-state index contributed by atoms with van der Waals surface area (Å²) in [5, 5.41) is 6.06. The Hall–Kier alpha value is -1.16. The summed E-state index contributed by atoms with van der Waals surface area (Å²) >= 11 is 1.87. The first kappa shape index (κ1) is 15.9. The maximum atomic E-state index is 12.1. The highest BCUT2D eigenvalue weighted by molar-refractivity contribution is 7.98. The van der Waals surface area contributed by atoms with Crippen molar-refractivity contribution in [2.45, 2.75) is 26.2 Å². The highest BCUT2D eigenvalue weighted by Crippen LogP contribution is 2.16. The molecule has 0 bridgehead atoms. The lowest BCUT2D eigenvalue weighted by Gasteiger charge is -2.10. The zero-order chi connectivity index (χ0) is 14.1. The molecule has 2 N–H and O–H groups in total. The van der Waals surface area contributed by atoms with Crippen LogP contribution in [0.4, 0.5) is 5.69 Å². The number of hydrogen-bond acceptors (Lipinski definition) is 3. The van der Waals surface area contributed by atoms with Crippen molar-refractivity contribution in [1.29, 1.82) is 0 Å². The van der Waals surface area contributed by atoms with Gasteiger partial charge in [0.25, 0.3) is 5.91 Å². The van der Waals surface area contributed by atoms with E-state index in [0.717, 1.165) is 29.8 Å². The van der Waals surface area contributed by atoms with Gasteiger partial charge in [0.15, 0.2) is 0 Å². The number of carbonyl (C=O) groups excluding carboxylic acids is 1. The van der Waals surface area contributed by atoms with E-state index in [1.807, 2.05) is 43.9 Å². The van der Waals surface area contributed by atoms with Gasteiger partial charge in [-0.2, -0.15) is 11.8 Å². The van der Waals surface area contributed by atoms with Crippen LogP contribution < -0.4 is 10.6 Å². The minimum absolute atomic E-state index is 0.00853. The molecule has 0 aliphatic carbocycles. The van der Waals surface area contributed by atoms with Gasteiger partial charge in [-0.05, 0) is 49.5 Å². The molecule has 0 fully saturated rings. The first-order valence-corrected chi connectivity index (χ1v) is 8.14. The highest BCUT2D eigenvalue weighted by atomic mass is 32.2. The van der Waals surface area contributed by atoms with E-state index < -0.39 is 0 Å². The summed E-state index contributed by atoms with van der Waals surface area (Å²) in [7, 11) is 1.84. The van der Waals surface area contributed by atoms with Crippen LogP contribution in [-0.4, -0.2) is 31.5 Å². The molecule has 0 saturated heterocycles. The smallest absolute Gasteiger partial charge is 0.253 e.